The van der Waals surface area contributed by atoms with Gasteiger partial charge in [-0.15, -0.1) is 0 Å². The van der Waals surface area contributed by atoms with Crippen molar-refractivity contribution >= 4 is 50.7 Å². The summed E-state index contributed by atoms with van der Waals surface area (Å²) >= 11 is 11.8. The maximum absolute atomic E-state index is 13.8. The molecule has 0 aromatic heterocycles. The predicted octanol–water partition coefficient (Wildman–Crippen LogP) is 5.16. The molecule has 214 valence electrons. The van der Waals surface area contributed by atoms with E-state index in [-0.39, 0.29) is 13.0 Å². The number of halogens is 5. The van der Waals surface area contributed by atoms with Crippen molar-refractivity contribution in [1.29, 1.82) is 0 Å². The van der Waals surface area contributed by atoms with E-state index in [4.69, 9.17) is 23.2 Å². The number of carbonyl (C=O) groups is 2. The van der Waals surface area contributed by atoms with Crippen molar-refractivity contribution in [1.82, 2.24) is 10.2 Å². The number of likely N-dealkylation sites (N-methyl/N-ethyl adjacent to an activating group) is 1. The number of benzene rings is 3. The Balaban J connectivity index is 2.07. The second kappa shape index (κ2) is 12.9. The third kappa shape index (κ3) is 8.12. The van der Waals surface area contributed by atoms with E-state index in [0.29, 0.717) is 21.0 Å². The molecule has 0 aliphatic heterocycles. The molecule has 3 aromatic rings. The molecule has 1 N–H and O–H groups in total. The zero-order valence-corrected chi connectivity index (χ0v) is 23.8. The summed E-state index contributed by atoms with van der Waals surface area (Å²) in [5.41, 5.74) is -0.377. The van der Waals surface area contributed by atoms with Crippen LogP contribution in [0.3, 0.4) is 0 Å². The molecular weight excluding hydrogens is 590 g/mol. The van der Waals surface area contributed by atoms with E-state index in [1.54, 1.807) is 54.6 Å². The maximum atomic E-state index is 13.8. The molecule has 0 fully saturated rings. The monoisotopic (exact) mass is 615 g/mol. The zero-order valence-electron chi connectivity index (χ0n) is 21.5. The summed E-state index contributed by atoms with van der Waals surface area (Å²) in [5, 5.41) is 2.29. The van der Waals surface area contributed by atoms with Gasteiger partial charge in [-0.1, -0.05) is 65.7 Å². The maximum Gasteiger partial charge on any atom is 0.417 e. The fourth-order valence-electron chi connectivity index (χ4n) is 4.05. The Kier molecular flexibility index (Phi) is 10.1. The SMILES string of the molecule is CNC(=O)[C@H](Cc1ccccc1)N(Cc1cccc(Cl)c1)C(=O)CN(c1ccc(Cl)c(C(F)(F)F)c1)S(C)(=O)=O. The lowest BCUT2D eigenvalue weighted by Gasteiger charge is -2.33. The molecule has 0 aliphatic carbocycles. The van der Waals surface area contributed by atoms with Gasteiger partial charge in [-0.3, -0.25) is 13.9 Å². The molecule has 0 aliphatic rings. The standard InChI is InChI=1S/C27H26Cl2F3N3O4S/c1-33-26(37)24(14-18-7-4-3-5-8-18)34(16-19-9-6-10-20(28)13-19)25(36)17-35(40(2,38)39)21-11-12-23(29)22(15-21)27(30,31)32/h3-13,15,24H,14,16-17H2,1-2H3,(H,33,37)/t24-/m0/s1. The number of hydrogen-bond donors (Lipinski definition) is 1. The van der Waals surface area contributed by atoms with Gasteiger partial charge < -0.3 is 10.2 Å². The number of rotatable bonds is 10. The van der Waals surface area contributed by atoms with E-state index in [1.165, 1.54) is 11.9 Å². The van der Waals surface area contributed by atoms with Crippen molar-refractivity contribution in [3.05, 3.63) is 99.5 Å². The Labute approximate surface area is 240 Å². The number of sulfonamides is 1. The first-order valence-electron chi connectivity index (χ1n) is 11.8. The summed E-state index contributed by atoms with van der Waals surface area (Å²) in [7, 11) is -2.86. The lowest BCUT2D eigenvalue weighted by molar-refractivity contribution is -0.139. The summed E-state index contributed by atoms with van der Waals surface area (Å²) in [4.78, 5) is 28.1. The van der Waals surface area contributed by atoms with E-state index in [2.05, 4.69) is 5.32 Å². The molecule has 0 heterocycles. The smallest absolute Gasteiger partial charge is 0.357 e. The van der Waals surface area contributed by atoms with E-state index in [1.807, 2.05) is 0 Å². The highest BCUT2D eigenvalue weighted by Crippen LogP contribution is 2.37. The fourth-order valence-corrected chi connectivity index (χ4v) is 5.33. The molecule has 0 saturated carbocycles. The molecule has 7 nitrogen and oxygen atoms in total. The number of nitrogens with zero attached hydrogens (tertiary/aromatic N) is 2. The lowest BCUT2D eigenvalue weighted by atomic mass is 10.0. The molecule has 0 spiro atoms. The Morgan fingerprint density at radius 3 is 2.17 bits per heavy atom. The van der Waals surface area contributed by atoms with Gasteiger partial charge in [0, 0.05) is 25.0 Å². The minimum Gasteiger partial charge on any atom is -0.357 e. The molecule has 0 bridgehead atoms. The van der Waals surface area contributed by atoms with Gasteiger partial charge in [0.2, 0.25) is 21.8 Å². The van der Waals surface area contributed by atoms with Gasteiger partial charge >= 0.3 is 6.18 Å². The molecule has 0 radical (unpaired) electrons. The molecule has 1 atom stereocenters. The van der Waals surface area contributed by atoms with Crippen molar-refractivity contribution in [3.8, 4) is 0 Å². The van der Waals surface area contributed by atoms with Crippen molar-refractivity contribution in [2.45, 2.75) is 25.2 Å². The molecule has 13 heteroatoms. The average molecular weight is 616 g/mol. The molecule has 3 aromatic carbocycles. The second-order valence-corrected chi connectivity index (χ2v) is 11.7. The summed E-state index contributed by atoms with van der Waals surface area (Å²) in [6.07, 6.45) is -4.01. The van der Waals surface area contributed by atoms with Crippen LogP contribution < -0.4 is 9.62 Å². The normalized spacial score (nSPS) is 12.5. The first-order chi connectivity index (χ1) is 18.7. The summed E-state index contributed by atoms with van der Waals surface area (Å²) in [6, 6.07) is 16.9. The Morgan fingerprint density at radius 2 is 1.60 bits per heavy atom. The molecule has 3 rings (SSSR count). The highest BCUT2D eigenvalue weighted by molar-refractivity contribution is 7.92. The third-order valence-corrected chi connectivity index (χ3v) is 7.69. The van der Waals surface area contributed by atoms with E-state index >= 15 is 0 Å². The number of amides is 2. The predicted molar refractivity (Wildman–Crippen MR) is 149 cm³/mol. The summed E-state index contributed by atoms with van der Waals surface area (Å²) in [5.74, 6) is -1.34. The average Bonchev–Trinajstić information content (AvgIpc) is 2.88. The summed E-state index contributed by atoms with van der Waals surface area (Å²) < 4.78 is 66.6. The highest BCUT2D eigenvalue weighted by Gasteiger charge is 2.36. The second-order valence-electron chi connectivity index (χ2n) is 8.90. The van der Waals surface area contributed by atoms with Crippen LogP contribution in [0.1, 0.15) is 16.7 Å². The quantitative estimate of drug-likeness (QED) is 0.341. The van der Waals surface area contributed by atoms with Crippen LogP contribution in [0, 0.1) is 0 Å². The molecule has 0 saturated heterocycles. The largest absolute Gasteiger partial charge is 0.417 e. The van der Waals surface area contributed by atoms with E-state index in [0.717, 1.165) is 24.0 Å². The van der Waals surface area contributed by atoms with Gasteiger partial charge in [0.05, 0.1) is 22.5 Å². The Hall–Kier alpha value is -3.28. The van der Waals surface area contributed by atoms with Gasteiger partial charge in [0.25, 0.3) is 0 Å². The first kappa shape index (κ1) is 31.3. The zero-order chi connectivity index (χ0) is 29.7. The Bertz CT molecular complexity index is 1470. The third-order valence-electron chi connectivity index (χ3n) is 5.98. The van der Waals surface area contributed by atoms with Crippen LogP contribution in [-0.2, 0) is 38.8 Å². The van der Waals surface area contributed by atoms with Crippen LogP contribution in [0.5, 0.6) is 0 Å². The molecule has 40 heavy (non-hydrogen) atoms. The molecule has 2 amide bonds. The fraction of sp³-hybridized carbons (Fsp3) is 0.259. The first-order valence-corrected chi connectivity index (χ1v) is 14.4. The Morgan fingerprint density at radius 1 is 0.950 bits per heavy atom. The minimum absolute atomic E-state index is 0.0882. The molecular formula is C27H26Cl2F3N3O4S. The lowest BCUT2D eigenvalue weighted by Crippen LogP contribution is -2.52. The van der Waals surface area contributed by atoms with Gasteiger partial charge in [-0.2, -0.15) is 13.2 Å². The van der Waals surface area contributed by atoms with Crippen molar-refractivity contribution in [2.24, 2.45) is 0 Å². The van der Waals surface area contributed by atoms with Gasteiger partial charge in [0.1, 0.15) is 12.6 Å². The van der Waals surface area contributed by atoms with Crippen molar-refractivity contribution in [2.75, 3.05) is 24.2 Å². The number of hydrogen-bond acceptors (Lipinski definition) is 4. The van der Waals surface area contributed by atoms with E-state index in [9.17, 15) is 31.2 Å². The minimum atomic E-state index is -4.86. The molecule has 0 unspecified atom stereocenters. The topological polar surface area (TPSA) is 86.8 Å². The van der Waals surface area contributed by atoms with Crippen LogP contribution in [0.4, 0.5) is 18.9 Å². The number of nitrogens with one attached hydrogen (secondary N) is 1. The number of carbonyl (C=O) groups excluding carboxylic acids is 2. The van der Waals surface area contributed by atoms with Gasteiger partial charge in [-0.05, 0) is 41.5 Å². The highest BCUT2D eigenvalue weighted by atomic mass is 35.5. The summed E-state index contributed by atoms with van der Waals surface area (Å²) in [6.45, 7) is -1.00. The number of anilines is 1. The van der Waals surface area contributed by atoms with Crippen molar-refractivity contribution < 1.29 is 31.2 Å². The van der Waals surface area contributed by atoms with Crippen LogP contribution in [-0.4, -0.2) is 51.0 Å². The van der Waals surface area contributed by atoms with E-state index < -0.39 is 56.9 Å². The van der Waals surface area contributed by atoms with Crippen LogP contribution in [0.25, 0.3) is 0 Å². The van der Waals surface area contributed by atoms with Crippen LogP contribution >= 0.6 is 23.2 Å². The van der Waals surface area contributed by atoms with Crippen LogP contribution in [0.2, 0.25) is 10.0 Å². The van der Waals surface area contributed by atoms with Gasteiger partial charge in [0.15, 0.2) is 0 Å². The number of alkyl halides is 3. The van der Waals surface area contributed by atoms with Gasteiger partial charge in [-0.25, -0.2) is 8.42 Å². The van der Waals surface area contributed by atoms with Crippen LogP contribution in [0.15, 0.2) is 72.8 Å². The van der Waals surface area contributed by atoms with Crippen molar-refractivity contribution in [3.63, 3.8) is 0 Å².